The number of aliphatic carboxylic acids is 1. The van der Waals surface area contributed by atoms with Gasteiger partial charge in [0.25, 0.3) is 0 Å². The molecule has 3 aromatic carbocycles. The molecule has 1 saturated heterocycles. The van der Waals surface area contributed by atoms with Crippen LogP contribution >= 0.6 is 11.6 Å². The van der Waals surface area contributed by atoms with Gasteiger partial charge in [-0.15, -0.1) is 0 Å². The fraction of sp³-hybridized carbons (Fsp3) is 0.258. The van der Waals surface area contributed by atoms with Crippen molar-refractivity contribution in [1.29, 1.82) is 0 Å². The summed E-state index contributed by atoms with van der Waals surface area (Å²) in [5.41, 5.74) is 4.86. The van der Waals surface area contributed by atoms with Crippen LogP contribution in [0.1, 0.15) is 23.7 Å². The van der Waals surface area contributed by atoms with Crippen LogP contribution in [-0.4, -0.2) is 62.0 Å². The number of nitrogens with zero attached hydrogens (tertiary/aromatic N) is 1. The number of halogens is 1. The average molecular weight is 556 g/mol. The van der Waals surface area contributed by atoms with Crippen molar-refractivity contribution in [1.82, 2.24) is 4.90 Å². The molecule has 0 bridgehead atoms. The van der Waals surface area contributed by atoms with Gasteiger partial charge in [0, 0.05) is 23.7 Å². The molecule has 1 heterocycles. The molecule has 1 aliphatic heterocycles. The van der Waals surface area contributed by atoms with Crippen LogP contribution in [-0.2, 0) is 9.53 Å². The molecular formula is C31H31ClNNaO5. The molecule has 3 aromatic rings. The summed E-state index contributed by atoms with van der Waals surface area (Å²) in [7, 11) is 0. The summed E-state index contributed by atoms with van der Waals surface area (Å²) in [4.78, 5) is 13.1. The average Bonchev–Trinajstić information content (AvgIpc) is 2.92. The molecule has 0 aliphatic carbocycles. The van der Waals surface area contributed by atoms with Crippen molar-refractivity contribution >= 4 is 23.1 Å². The van der Waals surface area contributed by atoms with Crippen molar-refractivity contribution in [2.75, 3.05) is 46.1 Å². The van der Waals surface area contributed by atoms with Gasteiger partial charge in [0.15, 0.2) is 6.61 Å². The minimum Gasteiger partial charge on any atom is -1.00 e. The smallest absolute Gasteiger partial charge is 1.00 e. The maximum atomic E-state index is 10.8. The maximum Gasteiger partial charge on any atom is 1.00 e. The van der Waals surface area contributed by atoms with Gasteiger partial charge in [-0.1, -0.05) is 47.7 Å². The van der Waals surface area contributed by atoms with E-state index < -0.39 is 5.97 Å². The van der Waals surface area contributed by atoms with E-state index >= 15 is 0 Å². The number of carbonyl (C=O) groups is 1. The Bertz CT molecular complexity index is 1330. The summed E-state index contributed by atoms with van der Waals surface area (Å²) >= 11 is 6.13. The molecule has 1 N–H and O–H groups in total. The quantitative estimate of drug-likeness (QED) is 0.323. The Labute approximate surface area is 258 Å². The summed E-state index contributed by atoms with van der Waals surface area (Å²) in [6.45, 7) is 5.94. The van der Waals surface area contributed by atoms with Crippen LogP contribution < -0.4 is 39.0 Å². The van der Waals surface area contributed by atoms with Gasteiger partial charge in [-0.25, -0.2) is 4.79 Å². The van der Waals surface area contributed by atoms with Crippen LogP contribution in [0.15, 0.2) is 72.8 Å². The Morgan fingerprint density at radius 3 is 2.36 bits per heavy atom. The first-order valence-electron chi connectivity index (χ1n) is 12.4. The minimum atomic E-state index is -1.02. The standard InChI is InChI=1S/C31H30ClNO5.Na.H/c1-23-21-28(12-13-30(23)38-22-31(34)35)37-18-14-29(26-8-10-27(32)11-9-26)25-6-4-24(5-7-25)3-2-15-33-16-19-36-20-17-33;;/h4-14,21H,15-20,22H2,1H3,(H,34,35);;/q;+1;-1. The van der Waals surface area contributed by atoms with E-state index in [-0.39, 0.29) is 37.6 Å². The molecule has 1 aliphatic rings. The first-order chi connectivity index (χ1) is 18.5. The SMILES string of the molecule is Cc1cc(OCC=C(c2ccc(Cl)cc2)c2ccc(C#CCN3CCOCC3)cc2)ccc1OCC(=O)O.[H-].[Na+]. The van der Waals surface area contributed by atoms with Crippen molar-refractivity contribution < 1.29 is 55.1 Å². The number of morpholine rings is 1. The molecule has 0 saturated carbocycles. The summed E-state index contributed by atoms with van der Waals surface area (Å²) < 4.78 is 16.7. The Kier molecular flexibility index (Phi) is 12.4. The molecule has 39 heavy (non-hydrogen) atoms. The van der Waals surface area contributed by atoms with Crippen molar-refractivity contribution in [2.24, 2.45) is 0 Å². The van der Waals surface area contributed by atoms with E-state index in [0.717, 1.165) is 60.7 Å². The van der Waals surface area contributed by atoms with Gasteiger partial charge in [-0.05, 0) is 77.7 Å². The predicted octanol–water partition coefficient (Wildman–Crippen LogP) is 2.42. The van der Waals surface area contributed by atoms with Crippen LogP contribution in [0.2, 0.25) is 5.02 Å². The van der Waals surface area contributed by atoms with Crippen LogP contribution in [0.3, 0.4) is 0 Å². The predicted molar refractivity (Wildman–Crippen MR) is 150 cm³/mol. The Balaban J connectivity index is 0.00000280. The minimum absolute atomic E-state index is 0. The first kappa shape index (κ1) is 30.8. The second-order valence-electron chi connectivity index (χ2n) is 8.81. The van der Waals surface area contributed by atoms with Gasteiger partial charge >= 0.3 is 35.5 Å². The van der Waals surface area contributed by atoms with Gasteiger partial charge in [-0.2, -0.15) is 0 Å². The molecule has 0 aromatic heterocycles. The van der Waals surface area contributed by atoms with Crippen molar-refractivity contribution in [3.8, 4) is 23.3 Å². The molecule has 0 amide bonds. The summed E-state index contributed by atoms with van der Waals surface area (Å²) in [6.07, 6.45) is 2.03. The summed E-state index contributed by atoms with van der Waals surface area (Å²) in [5.74, 6) is 6.70. The Morgan fingerprint density at radius 2 is 1.72 bits per heavy atom. The zero-order chi connectivity index (χ0) is 26.7. The van der Waals surface area contributed by atoms with Gasteiger partial charge in [0.2, 0.25) is 0 Å². The molecule has 0 radical (unpaired) electrons. The van der Waals surface area contributed by atoms with E-state index in [9.17, 15) is 4.79 Å². The molecule has 0 spiro atoms. The number of carboxylic acid groups (broad SMARTS) is 1. The van der Waals surface area contributed by atoms with E-state index in [2.05, 4.69) is 28.9 Å². The third-order valence-electron chi connectivity index (χ3n) is 6.03. The molecule has 4 rings (SSSR count). The van der Waals surface area contributed by atoms with Crippen molar-refractivity contribution in [3.05, 3.63) is 100 Å². The third kappa shape index (κ3) is 9.74. The zero-order valence-electron chi connectivity index (χ0n) is 23.3. The fourth-order valence-corrected chi connectivity index (χ4v) is 4.14. The van der Waals surface area contributed by atoms with Gasteiger partial charge in [-0.3, -0.25) is 4.90 Å². The number of ether oxygens (including phenoxy) is 3. The normalized spacial score (nSPS) is 13.5. The number of benzene rings is 3. The van der Waals surface area contributed by atoms with Gasteiger partial charge in [0.05, 0.1) is 19.8 Å². The molecule has 198 valence electrons. The van der Waals surface area contributed by atoms with E-state index in [1.807, 2.05) is 55.5 Å². The fourth-order valence-electron chi connectivity index (χ4n) is 4.01. The van der Waals surface area contributed by atoms with Crippen LogP contribution in [0.5, 0.6) is 11.5 Å². The molecule has 0 unspecified atom stereocenters. The maximum absolute atomic E-state index is 10.8. The van der Waals surface area contributed by atoms with E-state index in [1.165, 1.54) is 0 Å². The molecule has 1 fully saturated rings. The van der Waals surface area contributed by atoms with Crippen LogP contribution in [0.25, 0.3) is 5.57 Å². The number of carboxylic acids is 1. The topological polar surface area (TPSA) is 68.2 Å². The van der Waals surface area contributed by atoms with E-state index in [4.69, 9.17) is 30.9 Å². The van der Waals surface area contributed by atoms with Crippen LogP contribution in [0.4, 0.5) is 0 Å². The summed E-state index contributed by atoms with van der Waals surface area (Å²) in [6, 6.07) is 21.2. The number of aryl methyl sites for hydroxylation is 1. The third-order valence-corrected chi connectivity index (χ3v) is 6.28. The molecule has 6 nitrogen and oxygen atoms in total. The van der Waals surface area contributed by atoms with Crippen LogP contribution in [0, 0.1) is 18.8 Å². The Hall–Kier alpha value is -2.76. The van der Waals surface area contributed by atoms with Gasteiger partial charge in [0.1, 0.15) is 18.1 Å². The summed E-state index contributed by atoms with van der Waals surface area (Å²) in [5, 5.41) is 9.50. The van der Waals surface area contributed by atoms with E-state index in [0.29, 0.717) is 23.1 Å². The molecular weight excluding hydrogens is 525 g/mol. The number of hydrogen-bond acceptors (Lipinski definition) is 5. The van der Waals surface area contributed by atoms with Crippen molar-refractivity contribution in [2.45, 2.75) is 6.92 Å². The number of hydrogen-bond donors (Lipinski definition) is 1. The number of rotatable bonds is 9. The second-order valence-corrected chi connectivity index (χ2v) is 9.25. The molecule has 8 heteroatoms. The van der Waals surface area contributed by atoms with Crippen molar-refractivity contribution in [3.63, 3.8) is 0 Å². The largest absolute Gasteiger partial charge is 1.00 e. The zero-order valence-corrected chi connectivity index (χ0v) is 25.0. The van der Waals surface area contributed by atoms with Gasteiger partial charge < -0.3 is 20.7 Å². The second kappa shape index (κ2) is 15.7. The van der Waals surface area contributed by atoms with E-state index in [1.54, 1.807) is 12.1 Å². The molecule has 0 atom stereocenters. The Morgan fingerprint density at radius 1 is 1.05 bits per heavy atom. The first-order valence-corrected chi connectivity index (χ1v) is 12.8. The monoisotopic (exact) mass is 555 g/mol.